The maximum absolute atomic E-state index is 2.62. The van der Waals surface area contributed by atoms with Gasteiger partial charge in [0, 0.05) is 19.8 Å². The number of benzene rings is 1. The fourth-order valence-electron chi connectivity index (χ4n) is 5.09. The fourth-order valence-corrected chi connectivity index (χ4v) is 5.09. The molecule has 0 bridgehead atoms. The van der Waals surface area contributed by atoms with Gasteiger partial charge in [0.05, 0.1) is 0 Å². The molecule has 2 aromatic rings. The molecule has 2 heteroatoms. The Morgan fingerprint density at radius 2 is 1.75 bits per heavy atom. The normalized spacial score (nSPS) is 23.7. The van der Waals surface area contributed by atoms with Crippen LogP contribution in [-0.4, -0.2) is 4.57 Å². The van der Waals surface area contributed by atoms with E-state index in [4.69, 9.17) is 0 Å². The molecule has 126 valence electrons. The summed E-state index contributed by atoms with van der Waals surface area (Å²) in [7, 11) is 0. The summed E-state index contributed by atoms with van der Waals surface area (Å²) in [5.41, 5.74) is 5.54. The Hall–Kier alpha value is -1.83. The Balaban J connectivity index is 1.87. The molecule has 2 aliphatic rings. The number of nitrogens with zero attached hydrogens (tertiary/aromatic N) is 2. The first kappa shape index (κ1) is 15.7. The zero-order valence-corrected chi connectivity index (χ0v) is 15.5. The van der Waals surface area contributed by atoms with Crippen LogP contribution >= 0.6 is 0 Å². The highest BCUT2D eigenvalue weighted by Gasteiger charge is 2.46. The lowest BCUT2D eigenvalue weighted by Gasteiger charge is -2.34. The molecule has 2 nitrogen and oxygen atoms in total. The van der Waals surface area contributed by atoms with Crippen molar-refractivity contribution in [2.24, 2.45) is 5.92 Å². The van der Waals surface area contributed by atoms with Crippen molar-refractivity contribution in [2.75, 3.05) is 0 Å². The van der Waals surface area contributed by atoms with E-state index in [0.717, 1.165) is 5.92 Å². The van der Waals surface area contributed by atoms with Crippen molar-refractivity contribution in [1.29, 1.82) is 0 Å². The molecule has 1 aromatic carbocycles. The molecule has 4 rings (SSSR count). The van der Waals surface area contributed by atoms with E-state index in [9.17, 15) is 0 Å². The second kappa shape index (κ2) is 5.61. The van der Waals surface area contributed by atoms with Crippen LogP contribution in [0.25, 0.3) is 11.8 Å². The van der Waals surface area contributed by atoms with Crippen LogP contribution in [0.4, 0.5) is 0 Å². The highest BCUT2D eigenvalue weighted by molar-refractivity contribution is 5.53. The third kappa shape index (κ3) is 2.12. The van der Waals surface area contributed by atoms with Crippen LogP contribution in [0.15, 0.2) is 30.3 Å². The first-order valence-electron chi connectivity index (χ1n) is 9.43. The first-order chi connectivity index (χ1) is 11.5. The number of allylic oxidation sites excluding steroid dienone is 1. The van der Waals surface area contributed by atoms with E-state index in [2.05, 4.69) is 73.2 Å². The summed E-state index contributed by atoms with van der Waals surface area (Å²) >= 11 is 0. The standard InChI is InChI=1S/C22H29N2/c1-16-10-8-9-13-20(16)23-17(2)21-14-15-22(4,24(21)18(23)3)19-11-6-5-7-12-19/h8-10,13-15,19H,5-7,11-12H2,1-4H3/q+1. The average Bonchev–Trinajstić information content (AvgIpc) is 3.07. The summed E-state index contributed by atoms with van der Waals surface area (Å²) in [5, 5.41) is 0. The van der Waals surface area contributed by atoms with Crippen molar-refractivity contribution >= 4 is 6.08 Å². The lowest BCUT2D eigenvalue weighted by Crippen LogP contribution is -2.58. The number of para-hydroxylation sites is 1. The molecule has 0 radical (unpaired) electrons. The topological polar surface area (TPSA) is 8.81 Å². The third-order valence-corrected chi connectivity index (χ3v) is 6.44. The van der Waals surface area contributed by atoms with E-state index in [1.807, 2.05) is 0 Å². The molecule has 24 heavy (non-hydrogen) atoms. The maximum Gasteiger partial charge on any atom is 0.259 e. The summed E-state index contributed by atoms with van der Waals surface area (Å²) in [6.45, 7) is 9.21. The Kier molecular flexibility index (Phi) is 3.67. The van der Waals surface area contributed by atoms with Gasteiger partial charge in [-0.05, 0) is 50.5 Å². The zero-order chi connectivity index (χ0) is 16.9. The molecule has 0 saturated heterocycles. The largest absolute Gasteiger partial charge is 0.259 e. The van der Waals surface area contributed by atoms with Crippen molar-refractivity contribution in [1.82, 2.24) is 4.57 Å². The van der Waals surface area contributed by atoms with Crippen molar-refractivity contribution in [3.05, 3.63) is 53.1 Å². The third-order valence-electron chi connectivity index (χ3n) is 6.44. The van der Waals surface area contributed by atoms with Crippen LogP contribution in [-0.2, 0) is 5.54 Å². The Labute approximate surface area is 145 Å². The molecule has 1 aliphatic heterocycles. The van der Waals surface area contributed by atoms with E-state index >= 15 is 0 Å². The minimum atomic E-state index is 0.137. The number of imidazole rings is 1. The van der Waals surface area contributed by atoms with Crippen molar-refractivity contribution in [3.63, 3.8) is 0 Å². The predicted octanol–water partition coefficient (Wildman–Crippen LogP) is 5.01. The molecule has 1 fully saturated rings. The van der Waals surface area contributed by atoms with Crippen LogP contribution in [0.2, 0.25) is 0 Å². The lowest BCUT2D eigenvalue weighted by molar-refractivity contribution is -0.759. The summed E-state index contributed by atoms with van der Waals surface area (Å²) in [4.78, 5) is 0. The second-order valence-electron chi connectivity index (χ2n) is 7.87. The SMILES string of the molecule is Cc1ccccc1-n1c(C)c2[n+](c1C)C(C)(C1CCCCC1)C=C2. The molecule has 0 amide bonds. The van der Waals surface area contributed by atoms with E-state index in [0.29, 0.717) is 0 Å². The highest BCUT2D eigenvalue weighted by Crippen LogP contribution is 2.40. The second-order valence-corrected chi connectivity index (χ2v) is 7.87. The van der Waals surface area contributed by atoms with Gasteiger partial charge in [-0.15, -0.1) is 0 Å². The van der Waals surface area contributed by atoms with Crippen LogP contribution in [0.1, 0.15) is 61.8 Å². The van der Waals surface area contributed by atoms with Gasteiger partial charge in [-0.25, -0.2) is 4.57 Å². The van der Waals surface area contributed by atoms with Gasteiger partial charge in [-0.1, -0.05) is 37.5 Å². The highest BCUT2D eigenvalue weighted by atomic mass is 15.2. The van der Waals surface area contributed by atoms with Crippen molar-refractivity contribution < 1.29 is 4.57 Å². The fraction of sp³-hybridized carbons (Fsp3) is 0.500. The molecular weight excluding hydrogens is 292 g/mol. The number of rotatable bonds is 2. The molecule has 0 spiro atoms. The summed E-state index contributed by atoms with van der Waals surface area (Å²) in [5.74, 6) is 2.12. The maximum atomic E-state index is 2.62. The van der Waals surface area contributed by atoms with Crippen molar-refractivity contribution in [2.45, 2.75) is 65.3 Å². The molecule has 1 saturated carbocycles. The van der Waals surface area contributed by atoms with Gasteiger partial charge in [0.25, 0.3) is 5.82 Å². The molecule has 1 atom stereocenters. The Morgan fingerprint density at radius 3 is 2.46 bits per heavy atom. The van der Waals surface area contributed by atoms with E-state index < -0.39 is 0 Å². The molecule has 1 aromatic heterocycles. The van der Waals surface area contributed by atoms with Gasteiger partial charge in [0.1, 0.15) is 11.2 Å². The van der Waals surface area contributed by atoms with Gasteiger partial charge in [-0.2, -0.15) is 4.57 Å². The summed E-state index contributed by atoms with van der Waals surface area (Å²) in [6.07, 6.45) is 11.8. The van der Waals surface area contributed by atoms with Gasteiger partial charge >= 0.3 is 0 Å². The van der Waals surface area contributed by atoms with Crippen molar-refractivity contribution in [3.8, 4) is 5.69 Å². The number of aryl methyl sites for hydroxylation is 1. The van der Waals surface area contributed by atoms with Crippen LogP contribution < -0.4 is 4.57 Å². The smallest absolute Gasteiger partial charge is 0.218 e. The number of aromatic nitrogens is 2. The molecule has 1 aliphatic carbocycles. The van der Waals surface area contributed by atoms with E-state index in [-0.39, 0.29) is 5.54 Å². The zero-order valence-electron chi connectivity index (χ0n) is 15.5. The Morgan fingerprint density at radius 1 is 1.04 bits per heavy atom. The van der Waals surface area contributed by atoms with Gasteiger partial charge in [-0.3, -0.25) is 0 Å². The first-order valence-corrected chi connectivity index (χ1v) is 9.43. The predicted molar refractivity (Wildman–Crippen MR) is 99.4 cm³/mol. The number of hydrogen-bond acceptors (Lipinski definition) is 0. The minimum absolute atomic E-state index is 0.137. The lowest BCUT2D eigenvalue weighted by atomic mass is 9.76. The quantitative estimate of drug-likeness (QED) is 0.687. The van der Waals surface area contributed by atoms with Crippen LogP contribution in [0.5, 0.6) is 0 Å². The average molecular weight is 321 g/mol. The van der Waals surface area contributed by atoms with E-state index in [1.165, 1.54) is 60.6 Å². The Bertz CT molecular complexity index is 806. The van der Waals surface area contributed by atoms with Gasteiger partial charge in [0.15, 0.2) is 11.4 Å². The van der Waals surface area contributed by atoms with Gasteiger partial charge in [0.2, 0.25) is 0 Å². The summed E-state index contributed by atoms with van der Waals surface area (Å²) < 4.78 is 5.07. The molecule has 1 unspecified atom stereocenters. The summed E-state index contributed by atoms with van der Waals surface area (Å²) in [6, 6.07) is 8.72. The molecular formula is C22H29N2+. The molecule has 2 heterocycles. The molecule has 0 N–H and O–H groups in total. The van der Waals surface area contributed by atoms with Crippen LogP contribution in [0.3, 0.4) is 0 Å². The number of hydrogen-bond donors (Lipinski definition) is 0. The monoisotopic (exact) mass is 321 g/mol. The number of fused-ring (bicyclic) bond motifs is 1. The van der Waals surface area contributed by atoms with Gasteiger partial charge < -0.3 is 0 Å². The van der Waals surface area contributed by atoms with E-state index in [1.54, 1.807) is 0 Å². The van der Waals surface area contributed by atoms with Crippen LogP contribution in [0, 0.1) is 26.7 Å². The minimum Gasteiger partial charge on any atom is -0.218 e.